The SMILES string of the molecule is COc1ccc(C2=C(C3NNNN3)C(=O)NC(C#CCCc3ccccc3)(C(F)(F)F)C2)cc1. The van der Waals surface area contributed by atoms with Crippen LogP contribution >= 0.6 is 0 Å². The Hall–Kier alpha value is -3.36. The molecule has 2 aliphatic heterocycles. The van der Waals surface area contributed by atoms with Crippen molar-refractivity contribution < 1.29 is 22.7 Å². The van der Waals surface area contributed by atoms with Crippen LogP contribution in [0.5, 0.6) is 5.75 Å². The van der Waals surface area contributed by atoms with Gasteiger partial charge in [0, 0.05) is 12.8 Å². The van der Waals surface area contributed by atoms with Gasteiger partial charge in [0.15, 0.2) is 0 Å². The summed E-state index contributed by atoms with van der Waals surface area (Å²) in [5.74, 6) is 4.73. The molecule has 2 heterocycles. The lowest BCUT2D eigenvalue weighted by molar-refractivity contribution is -0.180. The lowest BCUT2D eigenvalue weighted by Crippen LogP contribution is -2.62. The third kappa shape index (κ3) is 4.93. The number of aryl methyl sites for hydroxylation is 1. The van der Waals surface area contributed by atoms with E-state index in [0.717, 1.165) is 5.56 Å². The molecule has 1 amide bonds. The van der Waals surface area contributed by atoms with E-state index in [4.69, 9.17) is 4.74 Å². The van der Waals surface area contributed by atoms with E-state index in [-0.39, 0.29) is 17.6 Å². The zero-order valence-corrected chi connectivity index (χ0v) is 18.3. The van der Waals surface area contributed by atoms with Gasteiger partial charge < -0.3 is 10.1 Å². The maximum atomic E-state index is 14.4. The summed E-state index contributed by atoms with van der Waals surface area (Å²) in [6, 6.07) is 15.9. The van der Waals surface area contributed by atoms with Gasteiger partial charge in [-0.3, -0.25) is 4.79 Å². The van der Waals surface area contributed by atoms with Crippen molar-refractivity contribution in [2.75, 3.05) is 7.11 Å². The van der Waals surface area contributed by atoms with E-state index in [1.165, 1.54) is 7.11 Å². The molecule has 0 bridgehead atoms. The number of rotatable bonds is 5. The molecule has 1 unspecified atom stereocenters. The molecule has 1 fully saturated rings. The van der Waals surface area contributed by atoms with Gasteiger partial charge in [-0.25, -0.2) is 10.9 Å². The summed E-state index contributed by atoms with van der Waals surface area (Å²) < 4.78 is 48.4. The highest BCUT2D eigenvalue weighted by atomic mass is 19.4. The van der Waals surface area contributed by atoms with Gasteiger partial charge in [0.25, 0.3) is 5.91 Å². The largest absolute Gasteiger partial charge is 0.497 e. The molecule has 0 saturated carbocycles. The summed E-state index contributed by atoms with van der Waals surface area (Å²) in [7, 11) is 1.50. The number of hydrogen-bond donors (Lipinski definition) is 5. The summed E-state index contributed by atoms with van der Waals surface area (Å²) in [5.41, 5.74) is 9.86. The molecule has 2 aromatic rings. The topological polar surface area (TPSA) is 86.5 Å². The first-order valence-electron chi connectivity index (χ1n) is 10.6. The molecule has 4 rings (SSSR count). The maximum absolute atomic E-state index is 14.4. The normalized spacial score (nSPS) is 21.1. The van der Waals surface area contributed by atoms with E-state index in [1.54, 1.807) is 24.3 Å². The highest BCUT2D eigenvalue weighted by Crippen LogP contribution is 2.42. The number of ether oxygens (including phenoxy) is 1. The summed E-state index contributed by atoms with van der Waals surface area (Å²) in [6.07, 6.45) is -5.35. The Morgan fingerprint density at radius 3 is 2.35 bits per heavy atom. The van der Waals surface area contributed by atoms with Crippen molar-refractivity contribution in [2.45, 2.75) is 37.1 Å². The van der Waals surface area contributed by atoms with E-state index in [0.29, 0.717) is 17.7 Å². The second kappa shape index (κ2) is 9.87. The molecule has 0 spiro atoms. The minimum atomic E-state index is -4.79. The maximum Gasteiger partial charge on any atom is 0.423 e. The van der Waals surface area contributed by atoms with E-state index in [9.17, 15) is 18.0 Å². The minimum Gasteiger partial charge on any atom is -0.497 e. The van der Waals surface area contributed by atoms with E-state index in [1.807, 2.05) is 30.3 Å². The van der Waals surface area contributed by atoms with Crippen molar-refractivity contribution in [1.29, 1.82) is 0 Å². The summed E-state index contributed by atoms with van der Waals surface area (Å²) in [6.45, 7) is 0. The fourth-order valence-electron chi connectivity index (χ4n) is 3.94. The minimum absolute atomic E-state index is 0.133. The molecule has 10 heteroatoms. The van der Waals surface area contributed by atoms with Crippen molar-refractivity contribution in [3.8, 4) is 17.6 Å². The fraction of sp³-hybridized carbons (Fsp3) is 0.292. The lowest BCUT2D eigenvalue weighted by atomic mass is 9.80. The molecule has 2 aliphatic rings. The van der Waals surface area contributed by atoms with Gasteiger partial charge in [0.1, 0.15) is 11.9 Å². The Labute approximate surface area is 195 Å². The molecular formula is C24H24F3N5O2. The number of nitrogens with one attached hydrogen (secondary N) is 5. The van der Waals surface area contributed by atoms with Crippen LogP contribution in [0.4, 0.5) is 13.2 Å². The Kier molecular flexibility index (Phi) is 6.90. The Morgan fingerprint density at radius 1 is 1.06 bits per heavy atom. The van der Waals surface area contributed by atoms with Crippen LogP contribution in [0.1, 0.15) is 24.0 Å². The van der Waals surface area contributed by atoms with Crippen molar-refractivity contribution in [2.24, 2.45) is 0 Å². The van der Waals surface area contributed by atoms with Crippen molar-refractivity contribution in [1.82, 2.24) is 27.2 Å². The molecule has 0 aliphatic carbocycles. The van der Waals surface area contributed by atoms with Crippen LogP contribution in [0.2, 0.25) is 0 Å². The Bertz CT molecular complexity index is 1120. The summed E-state index contributed by atoms with van der Waals surface area (Å²) >= 11 is 0. The third-order valence-electron chi connectivity index (χ3n) is 5.73. The van der Waals surface area contributed by atoms with Gasteiger partial charge in [-0.2, -0.15) is 24.2 Å². The highest BCUT2D eigenvalue weighted by Gasteiger charge is 2.58. The molecular weight excluding hydrogens is 447 g/mol. The smallest absolute Gasteiger partial charge is 0.423 e. The third-order valence-corrected chi connectivity index (χ3v) is 5.73. The molecule has 34 heavy (non-hydrogen) atoms. The predicted molar refractivity (Wildman–Crippen MR) is 120 cm³/mol. The lowest BCUT2D eigenvalue weighted by Gasteiger charge is -2.38. The standard InChI is InChI=1S/C24H24F3N5O2/c1-34-18-12-10-17(11-13-18)19-15-23(24(25,26)27,14-6-5-9-16-7-3-2-4-8-16)28-22(33)20(19)21-29-31-32-30-21/h2-4,7-8,10-13,21,29-32H,5,9,15H2,1H3,(H,28,33). The molecule has 178 valence electrons. The molecule has 1 saturated heterocycles. The predicted octanol–water partition coefficient (Wildman–Crippen LogP) is 2.35. The van der Waals surface area contributed by atoms with Crippen LogP contribution in [0.15, 0.2) is 60.2 Å². The van der Waals surface area contributed by atoms with Crippen LogP contribution in [0.3, 0.4) is 0 Å². The molecule has 0 aromatic heterocycles. The van der Waals surface area contributed by atoms with Crippen molar-refractivity contribution in [3.05, 3.63) is 71.3 Å². The van der Waals surface area contributed by atoms with Crippen LogP contribution in [-0.4, -0.2) is 30.9 Å². The molecule has 0 radical (unpaired) electrons. The Balaban J connectivity index is 1.71. The summed E-state index contributed by atoms with van der Waals surface area (Å²) in [5, 5.41) is 2.16. The number of hydrazine groups is 3. The summed E-state index contributed by atoms with van der Waals surface area (Å²) in [4.78, 5) is 13.1. The number of carbonyl (C=O) groups is 1. The van der Waals surface area contributed by atoms with E-state index in [2.05, 4.69) is 39.1 Å². The number of benzene rings is 2. The zero-order chi connectivity index (χ0) is 24.2. The Morgan fingerprint density at radius 2 is 1.74 bits per heavy atom. The average Bonchev–Trinajstić information content (AvgIpc) is 3.36. The molecule has 2 aromatic carbocycles. The number of hydrogen-bond acceptors (Lipinski definition) is 6. The van der Waals surface area contributed by atoms with Crippen LogP contribution in [-0.2, 0) is 11.2 Å². The number of alkyl halides is 3. The first-order chi connectivity index (χ1) is 16.3. The van der Waals surface area contributed by atoms with Gasteiger partial charge in [0.2, 0.25) is 5.54 Å². The van der Waals surface area contributed by atoms with Crippen LogP contribution < -0.4 is 32.0 Å². The van der Waals surface area contributed by atoms with Gasteiger partial charge in [-0.15, -0.1) is 5.92 Å². The van der Waals surface area contributed by atoms with Gasteiger partial charge in [-0.05, 0) is 35.3 Å². The molecule has 1 atom stereocenters. The number of carbonyl (C=O) groups excluding carboxylic acids is 1. The van der Waals surface area contributed by atoms with Gasteiger partial charge >= 0.3 is 6.18 Å². The zero-order valence-electron chi connectivity index (χ0n) is 18.3. The first kappa shape index (κ1) is 23.8. The van der Waals surface area contributed by atoms with Crippen molar-refractivity contribution in [3.63, 3.8) is 0 Å². The second-order valence-electron chi connectivity index (χ2n) is 7.91. The van der Waals surface area contributed by atoms with Gasteiger partial charge in [-0.1, -0.05) is 48.4 Å². The number of amides is 1. The monoisotopic (exact) mass is 471 g/mol. The number of methoxy groups -OCH3 is 1. The number of halogens is 3. The van der Waals surface area contributed by atoms with Crippen LogP contribution in [0, 0.1) is 11.8 Å². The van der Waals surface area contributed by atoms with E-state index < -0.39 is 30.2 Å². The van der Waals surface area contributed by atoms with Gasteiger partial charge in [0.05, 0.1) is 12.7 Å². The molecule has 5 N–H and O–H groups in total. The van der Waals surface area contributed by atoms with Crippen molar-refractivity contribution >= 4 is 11.5 Å². The second-order valence-corrected chi connectivity index (χ2v) is 7.91. The molecule has 7 nitrogen and oxygen atoms in total. The fourth-order valence-corrected chi connectivity index (χ4v) is 3.94. The highest BCUT2D eigenvalue weighted by molar-refractivity contribution is 6.05. The van der Waals surface area contributed by atoms with E-state index >= 15 is 0 Å². The average molecular weight is 471 g/mol. The van der Waals surface area contributed by atoms with Crippen LogP contribution in [0.25, 0.3) is 5.57 Å². The first-order valence-corrected chi connectivity index (χ1v) is 10.6. The quantitative estimate of drug-likeness (QED) is 0.431.